The van der Waals surface area contributed by atoms with E-state index < -0.39 is 0 Å². The van der Waals surface area contributed by atoms with Crippen molar-refractivity contribution >= 4 is 38.3 Å². The number of rotatable bonds is 2. The lowest BCUT2D eigenvalue weighted by atomic mass is 10.0. The molecule has 1 aliphatic carbocycles. The van der Waals surface area contributed by atoms with E-state index in [1.807, 2.05) is 0 Å². The summed E-state index contributed by atoms with van der Waals surface area (Å²) in [6, 6.07) is 4.99. The number of aromatic nitrogens is 1. The van der Waals surface area contributed by atoms with Crippen molar-refractivity contribution in [1.82, 2.24) is 4.98 Å². The summed E-state index contributed by atoms with van der Waals surface area (Å²) >= 11 is 4.74. The van der Waals surface area contributed by atoms with Gasteiger partial charge in [-0.1, -0.05) is 6.07 Å². The van der Waals surface area contributed by atoms with Crippen LogP contribution in [-0.2, 0) is 12.8 Å². The highest BCUT2D eigenvalue weighted by atomic mass is 79.9. The maximum absolute atomic E-state index is 12.2. The molecule has 0 unspecified atom stereocenters. The van der Waals surface area contributed by atoms with Crippen LogP contribution in [-0.4, -0.2) is 16.0 Å². The van der Waals surface area contributed by atoms with Gasteiger partial charge in [0, 0.05) is 4.88 Å². The summed E-state index contributed by atoms with van der Waals surface area (Å²) in [5.41, 5.74) is 1.35. The lowest BCUT2D eigenvalue weighted by molar-refractivity contribution is 0.102. The summed E-state index contributed by atoms with van der Waals surface area (Å²) < 4.78 is 0.503. The molecular weight excluding hydrogens is 340 g/mol. The van der Waals surface area contributed by atoms with E-state index in [9.17, 15) is 9.90 Å². The number of nitrogens with one attached hydrogen (secondary N) is 1. The fraction of sp³-hybridized carbons (Fsp3) is 0.286. The summed E-state index contributed by atoms with van der Waals surface area (Å²) in [4.78, 5) is 17.9. The number of hydrogen-bond donors (Lipinski definition) is 2. The second kappa shape index (κ2) is 5.54. The van der Waals surface area contributed by atoms with Gasteiger partial charge in [-0.05, 0) is 53.7 Å². The molecule has 0 aliphatic heterocycles. The third kappa shape index (κ3) is 2.58. The molecule has 104 valence electrons. The standard InChI is InChI=1S/C14H13BrN2O2S/c15-9-5-3-4-8(12(9)18)13(19)17-14-16-10-6-1-2-7-11(10)20-14/h3-5,18H,1-2,6-7H2,(H,16,17,19). The summed E-state index contributed by atoms with van der Waals surface area (Å²) in [6.45, 7) is 0. The van der Waals surface area contributed by atoms with Crippen LogP contribution in [0.15, 0.2) is 22.7 Å². The predicted octanol–water partition coefficient (Wildman–Crippen LogP) is 3.74. The lowest BCUT2D eigenvalue weighted by Crippen LogP contribution is -2.12. The van der Waals surface area contributed by atoms with Crippen LogP contribution in [0, 0.1) is 0 Å². The average molecular weight is 353 g/mol. The van der Waals surface area contributed by atoms with Crippen molar-refractivity contribution in [3.8, 4) is 5.75 Å². The molecule has 1 aromatic carbocycles. The van der Waals surface area contributed by atoms with Gasteiger partial charge in [0.05, 0.1) is 15.7 Å². The number of benzene rings is 1. The Morgan fingerprint density at radius 2 is 2.15 bits per heavy atom. The number of carbonyl (C=O) groups is 1. The van der Waals surface area contributed by atoms with Gasteiger partial charge < -0.3 is 5.11 Å². The number of hydrogen-bond acceptors (Lipinski definition) is 4. The van der Waals surface area contributed by atoms with Crippen LogP contribution in [0.2, 0.25) is 0 Å². The molecule has 3 rings (SSSR count). The number of nitrogens with zero attached hydrogens (tertiary/aromatic N) is 1. The molecule has 0 bridgehead atoms. The van der Waals surface area contributed by atoms with Crippen LogP contribution >= 0.6 is 27.3 Å². The molecule has 2 aromatic rings. The van der Waals surface area contributed by atoms with E-state index in [1.54, 1.807) is 18.2 Å². The van der Waals surface area contributed by atoms with E-state index >= 15 is 0 Å². The molecule has 1 aliphatic rings. The summed E-state index contributed by atoms with van der Waals surface area (Å²) in [5, 5.41) is 13.3. The van der Waals surface area contributed by atoms with Gasteiger partial charge in [-0.2, -0.15) is 0 Å². The van der Waals surface area contributed by atoms with Gasteiger partial charge in [-0.3, -0.25) is 10.1 Å². The first-order valence-electron chi connectivity index (χ1n) is 6.42. The maximum atomic E-state index is 12.2. The molecule has 1 aromatic heterocycles. The van der Waals surface area contributed by atoms with Gasteiger partial charge >= 0.3 is 0 Å². The van der Waals surface area contributed by atoms with Gasteiger partial charge in [-0.25, -0.2) is 4.98 Å². The quantitative estimate of drug-likeness (QED) is 0.865. The Morgan fingerprint density at radius 3 is 2.95 bits per heavy atom. The molecule has 0 spiro atoms. The molecule has 2 N–H and O–H groups in total. The van der Waals surface area contributed by atoms with Crippen molar-refractivity contribution in [3.63, 3.8) is 0 Å². The number of aryl methyl sites for hydroxylation is 2. The normalized spacial score (nSPS) is 13.8. The minimum atomic E-state index is -0.338. The monoisotopic (exact) mass is 352 g/mol. The number of para-hydroxylation sites is 1. The van der Waals surface area contributed by atoms with Crippen molar-refractivity contribution in [3.05, 3.63) is 38.8 Å². The molecule has 20 heavy (non-hydrogen) atoms. The highest BCUT2D eigenvalue weighted by Gasteiger charge is 2.18. The number of thiazole rings is 1. The van der Waals surface area contributed by atoms with E-state index in [-0.39, 0.29) is 17.2 Å². The van der Waals surface area contributed by atoms with Crippen LogP contribution < -0.4 is 5.32 Å². The second-order valence-corrected chi connectivity index (χ2v) is 6.62. The molecule has 1 heterocycles. The Balaban J connectivity index is 1.82. The Hall–Kier alpha value is -1.40. The van der Waals surface area contributed by atoms with E-state index in [0.717, 1.165) is 25.0 Å². The van der Waals surface area contributed by atoms with Gasteiger partial charge in [-0.15, -0.1) is 11.3 Å². The Bertz CT molecular complexity index is 646. The molecule has 1 amide bonds. The van der Waals surface area contributed by atoms with E-state index in [1.165, 1.54) is 22.6 Å². The zero-order valence-corrected chi connectivity index (χ0v) is 13.1. The Morgan fingerprint density at radius 1 is 1.35 bits per heavy atom. The van der Waals surface area contributed by atoms with Crippen molar-refractivity contribution in [2.24, 2.45) is 0 Å². The van der Waals surface area contributed by atoms with Gasteiger partial charge in [0.25, 0.3) is 5.91 Å². The van der Waals surface area contributed by atoms with Crippen molar-refractivity contribution in [2.75, 3.05) is 5.32 Å². The first kappa shape index (κ1) is 13.6. The number of carbonyl (C=O) groups excluding carboxylic acids is 1. The number of phenols is 1. The number of amides is 1. The largest absolute Gasteiger partial charge is 0.506 e. The Kier molecular flexibility index (Phi) is 3.76. The number of anilines is 1. The van der Waals surface area contributed by atoms with Crippen LogP contribution in [0.5, 0.6) is 5.75 Å². The summed E-state index contributed by atoms with van der Waals surface area (Å²) in [7, 11) is 0. The first-order valence-corrected chi connectivity index (χ1v) is 8.03. The van der Waals surface area contributed by atoms with Crippen molar-refractivity contribution < 1.29 is 9.90 Å². The molecular formula is C14H13BrN2O2S. The molecule has 0 fully saturated rings. The molecule has 6 heteroatoms. The molecule has 4 nitrogen and oxygen atoms in total. The van der Waals surface area contributed by atoms with Crippen LogP contribution in [0.1, 0.15) is 33.8 Å². The average Bonchev–Trinajstić information content (AvgIpc) is 2.83. The number of phenolic OH excluding ortho intramolecular Hbond substituents is 1. The fourth-order valence-corrected chi connectivity index (χ4v) is 3.68. The summed E-state index contributed by atoms with van der Waals surface area (Å²) in [6.07, 6.45) is 4.39. The number of halogens is 1. The summed E-state index contributed by atoms with van der Waals surface area (Å²) in [5.74, 6) is -0.388. The first-order chi connectivity index (χ1) is 9.65. The maximum Gasteiger partial charge on any atom is 0.261 e. The molecule has 0 saturated carbocycles. The van der Waals surface area contributed by atoms with Crippen LogP contribution in [0.3, 0.4) is 0 Å². The third-order valence-corrected chi connectivity index (χ3v) is 5.01. The highest BCUT2D eigenvalue weighted by Crippen LogP contribution is 2.31. The smallest absolute Gasteiger partial charge is 0.261 e. The topological polar surface area (TPSA) is 62.2 Å². The zero-order valence-electron chi connectivity index (χ0n) is 10.6. The highest BCUT2D eigenvalue weighted by molar-refractivity contribution is 9.10. The number of aromatic hydroxyl groups is 1. The van der Waals surface area contributed by atoms with Gasteiger partial charge in [0.1, 0.15) is 5.75 Å². The van der Waals surface area contributed by atoms with Crippen molar-refractivity contribution in [2.45, 2.75) is 25.7 Å². The van der Waals surface area contributed by atoms with Gasteiger partial charge in [0.2, 0.25) is 0 Å². The predicted molar refractivity (Wildman–Crippen MR) is 82.5 cm³/mol. The molecule has 0 saturated heterocycles. The van der Waals surface area contributed by atoms with E-state index in [4.69, 9.17) is 0 Å². The molecule has 0 atom stereocenters. The Labute approximate surface area is 129 Å². The SMILES string of the molecule is O=C(Nc1nc2c(s1)CCCC2)c1cccc(Br)c1O. The molecule has 0 radical (unpaired) electrons. The lowest BCUT2D eigenvalue weighted by Gasteiger charge is -2.06. The van der Waals surface area contributed by atoms with Crippen molar-refractivity contribution in [1.29, 1.82) is 0 Å². The van der Waals surface area contributed by atoms with E-state index in [2.05, 4.69) is 26.2 Å². The van der Waals surface area contributed by atoms with Crippen LogP contribution in [0.25, 0.3) is 0 Å². The minimum Gasteiger partial charge on any atom is -0.506 e. The van der Waals surface area contributed by atoms with Crippen LogP contribution in [0.4, 0.5) is 5.13 Å². The third-order valence-electron chi connectivity index (χ3n) is 3.30. The zero-order chi connectivity index (χ0) is 14.1. The minimum absolute atomic E-state index is 0.0497. The second-order valence-electron chi connectivity index (χ2n) is 4.69. The van der Waals surface area contributed by atoms with E-state index in [0.29, 0.717) is 9.60 Å². The fourth-order valence-electron chi connectivity index (χ4n) is 2.27. The number of fused-ring (bicyclic) bond motifs is 1. The van der Waals surface area contributed by atoms with Gasteiger partial charge in [0.15, 0.2) is 5.13 Å².